The third-order valence-electron chi connectivity index (χ3n) is 10.5. The lowest BCUT2D eigenvalue weighted by Gasteiger charge is -2.22. The van der Waals surface area contributed by atoms with Gasteiger partial charge in [-0.05, 0) is 51.4 Å². The molecular weight excluding hydrogens is 653 g/mol. The van der Waals surface area contributed by atoms with Crippen LogP contribution >= 0.6 is 11.3 Å². The quantitative estimate of drug-likeness (QED) is 0.165. The molecule has 4 nitrogen and oxygen atoms in total. The highest BCUT2D eigenvalue weighted by Crippen LogP contribution is 2.51. The SMILES string of the molecule is CC1(C)c2ccccc2-c2c(-[n+]3c[n+](-c4ccccc4)c[n+](-c4ccccc4)c3)cc(-c3ccc4ccc5sc(-c6ccccc6)nc5c4c3)cc21. The Morgan fingerprint density at radius 3 is 1.85 bits per heavy atom. The van der Waals surface area contributed by atoms with Crippen LogP contribution in [0.2, 0.25) is 0 Å². The van der Waals surface area contributed by atoms with E-state index >= 15 is 0 Å². The number of hydrogen-bond donors (Lipinski definition) is 0. The highest BCUT2D eigenvalue weighted by Gasteiger charge is 2.41. The van der Waals surface area contributed by atoms with E-state index in [2.05, 4.69) is 204 Å². The minimum Gasteiger partial charge on any atom is -0.235 e. The summed E-state index contributed by atoms with van der Waals surface area (Å²) in [6, 6.07) is 56.6. The molecule has 2 heterocycles. The molecule has 1 aliphatic rings. The van der Waals surface area contributed by atoms with Gasteiger partial charge in [-0.1, -0.05) is 137 Å². The highest BCUT2D eigenvalue weighted by molar-refractivity contribution is 7.21. The van der Waals surface area contributed by atoms with E-state index in [0.717, 1.165) is 33.1 Å². The summed E-state index contributed by atoms with van der Waals surface area (Å²) in [6.45, 7) is 4.72. The molecule has 0 fully saturated rings. The van der Waals surface area contributed by atoms with Crippen LogP contribution in [0.5, 0.6) is 0 Å². The maximum Gasteiger partial charge on any atom is 0.428 e. The second-order valence-corrected chi connectivity index (χ2v) is 15.1. The van der Waals surface area contributed by atoms with Crippen LogP contribution in [0.1, 0.15) is 25.0 Å². The van der Waals surface area contributed by atoms with E-state index in [0.29, 0.717) is 0 Å². The maximum atomic E-state index is 5.20. The molecule has 0 spiro atoms. The number of nitrogens with zero attached hydrogens (tertiary/aromatic N) is 4. The molecule has 52 heavy (non-hydrogen) atoms. The van der Waals surface area contributed by atoms with Crippen molar-refractivity contribution in [2.24, 2.45) is 0 Å². The highest BCUT2D eigenvalue weighted by atomic mass is 32.1. The van der Waals surface area contributed by atoms with Gasteiger partial charge in [0.2, 0.25) is 17.1 Å². The van der Waals surface area contributed by atoms with Crippen LogP contribution in [0.25, 0.3) is 70.9 Å². The molecule has 5 heteroatoms. The molecule has 0 aliphatic heterocycles. The number of aromatic nitrogens is 4. The van der Waals surface area contributed by atoms with Gasteiger partial charge in [0.1, 0.15) is 5.01 Å². The Kier molecular flexibility index (Phi) is 6.98. The van der Waals surface area contributed by atoms with Crippen molar-refractivity contribution in [3.63, 3.8) is 0 Å². The average molecular weight is 688 g/mol. The Balaban J connectivity index is 1.23. The Morgan fingerprint density at radius 2 is 1.13 bits per heavy atom. The fraction of sp³-hybridized carbons (Fsp3) is 0.0638. The largest absolute Gasteiger partial charge is 0.428 e. The van der Waals surface area contributed by atoms with Crippen molar-refractivity contribution < 1.29 is 13.7 Å². The van der Waals surface area contributed by atoms with Crippen LogP contribution in [0.3, 0.4) is 0 Å². The van der Waals surface area contributed by atoms with Crippen LogP contribution in [0.15, 0.2) is 177 Å². The van der Waals surface area contributed by atoms with Crippen LogP contribution in [0.4, 0.5) is 0 Å². The van der Waals surface area contributed by atoms with Gasteiger partial charge in [0.05, 0.1) is 15.8 Å². The van der Waals surface area contributed by atoms with Gasteiger partial charge in [0, 0.05) is 46.7 Å². The average Bonchev–Trinajstić information content (AvgIpc) is 3.75. The minimum atomic E-state index is -0.180. The van der Waals surface area contributed by atoms with E-state index in [4.69, 9.17) is 4.98 Å². The summed E-state index contributed by atoms with van der Waals surface area (Å²) in [5.74, 6) is 0. The minimum absolute atomic E-state index is 0.180. The van der Waals surface area contributed by atoms with E-state index in [1.807, 2.05) is 0 Å². The Morgan fingerprint density at radius 1 is 0.519 bits per heavy atom. The van der Waals surface area contributed by atoms with Crippen molar-refractivity contribution in [1.82, 2.24) is 4.98 Å². The summed E-state index contributed by atoms with van der Waals surface area (Å²) in [5.41, 5.74) is 12.9. The van der Waals surface area contributed by atoms with Gasteiger partial charge in [0.15, 0.2) is 0 Å². The molecule has 246 valence electrons. The van der Waals surface area contributed by atoms with E-state index in [1.165, 1.54) is 48.9 Å². The lowest BCUT2D eigenvalue weighted by atomic mass is 9.81. The number of benzene rings is 7. The number of hydrogen-bond acceptors (Lipinski definition) is 2. The van der Waals surface area contributed by atoms with Gasteiger partial charge in [-0.15, -0.1) is 11.3 Å². The molecular formula is C47H35N4S+3. The zero-order valence-corrected chi connectivity index (χ0v) is 29.8. The fourth-order valence-corrected chi connectivity index (χ4v) is 8.83. The molecule has 9 aromatic rings. The molecule has 0 atom stereocenters. The van der Waals surface area contributed by atoms with E-state index in [-0.39, 0.29) is 5.41 Å². The van der Waals surface area contributed by atoms with E-state index < -0.39 is 0 Å². The van der Waals surface area contributed by atoms with Crippen LogP contribution in [0, 0.1) is 0 Å². The standard InChI is InChI=1S/C47H35N4S/c1-47(2)40-21-13-12-20-38(40)44-41(47)27-35(34-23-22-32-24-25-43-45(39(32)26-34)48-46(52-43)33-14-6-3-7-15-33)28-42(44)51-30-49(36-16-8-4-9-17-36)29-50(31-51)37-18-10-5-11-19-37/h3-31H,1-2H3/q+3. The number of thiazole rings is 1. The Hall–Kier alpha value is -6.30. The number of para-hydroxylation sites is 2. The normalized spacial score (nSPS) is 13.0. The number of fused-ring (bicyclic) bond motifs is 6. The predicted octanol–water partition coefficient (Wildman–Crippen LogP) is 9.92. The molecule has 0 amide bonds. The molecule has 0 bridgehead atoms. The smallest absolute Gasteiger partial charge is 0.235 e. The van der Waals surface area contributed by atoms with Gasteiger partial charge in [0.25, 0.3) is 0 Å². The van der Waals surface area contributed by atoms with Crippen LogP contribution in [-0.2, 0) is 5.41 Å². The maximum absolute atomic E-state index is 5.20. The van der Waals surface area contributed by atoms with Crippen molar-refractivity contribution in [2.45, 2.75) is 19.3 Å². The van der Waals surface area contributed by atoms with Crippen molar-refractivity contribution in [3.8, 4) is 49.9 Å². The van der Waals surface area contributed by atoms with Gasteiger partial charge in [-0.25, -0.2) is 4.98 Å². The van der Waals surface area contributed by atoms with Crippen molar-refractivity contribution >= 4 is 32.3 Å². The summed E-state index contributed by atoms with van der Waals surface area (Å²) in [4.78, 5) is 5.20. The van der Waals surface area contributed by atoms with Crippen molar-refractivity contribution in [3.05, 3.63) is 188 Å². The molecule has 0 radical (unpaired) electrons. The predicted molar refractivity (Wildman–Crippen MR) is 210 cm³/mol. The van der Waals surface area contributed by atoms with E-state index in [1.54, 1.807) is 11.3 Å². The molecule has 0 saturated carbocycles. The molecule has 0 N–H and O–H groups in total. The second kappa shape index (κ2) is 11.9. The first kappa shape index (κ1) is 30.5. The van der Waals surface area contributed by atoms with Crippen molar-refractivity contribution in [2.75, 3.05) is 0 Å². The summed E-state index contributed by atoms with van der Waals surface area (Å²) in [7, 11) is 0. The molecule has 0 saturated heterocycles. The zero-order chi connectivity index (χ0) is 34.8. The van der Waals surface area contributed by atoms with Gasteiger partial charge in [-0.3, -0.25) is 0 Å². The second-order valence-electron chi connectivity index (χ2n) is 14.1. The molecule has 10 rings (SSSR count). The third kappa shape index (κ3) is 4.96. The van der Waals surface area contributed by atoms with Crippen molar-refractivity contribution in [1.29, 1.82) is 0 Å². The summed E-state index contributed by atoms with van der Waals surface area (Å²) < 4.78 is 7.91. The third-order valence-corrected chi connectivity index (χ3v) is 11.6. The van der Waals surface area contributed by atoms with Gasteiger partial charge < -0.3 is 0 Å². The molecule has 0 unspecified atom stereocenters. The first-order valence-corrected chi connectivity index (χ1v) is 18.5. The summed E-state index contributed by atoms with van der Waals surface area (Å²) in [6.07, 6.45) is 6.55. The fourth-order valence-electron chi connectivity index (χ4n) is 7.84. The van der Waals surface area contributed by atoms with Gasteiger partial charge >= 0.3 is 19.0 Å². The number of rotatable bonds is 5. The Labute approximate surface area is 306 Å². The molecule has 7 aromatic carbocycles. The van der Waals surface area contributed by atoms with Gasteiger partial charge in [-0.2, -0.15) is 0 Å². The summed E-state index contributed by atoms with van der Waals surface area (Å²) >= 11 is 1.76. The zero-order valence-electron chi connectivity index (χ0n) is 28.9. The Bertz CT molecular complexity index is 2750. The van der Waals surface area contributed by atoms with Crippen LogP contribution in [-0.4, -0.2) is 4.98 Å². The molecule has 1 aliphatic carbocycles. The molecule has 2 aromatic heterocycles. The lowest BCUT2D eigenvalue weighted by Crippen LogP contribution is -2.55. The monoisotopic (exact) mass is 687 g/mol. The topological polar surface area (TPSA) is 24.5 Å². The first-order chi connectivity index (χ1) is 25.5. The lowest BCUT2D eigenvalue weighted by molar-refractivity contribution is -0.858. The van der Waals surface area contributed by atoms with E-state index in [9.17, 15) is 0 Å². The first-order valence-electron chi connectivity index (χ1n) is 17.7. The summed E-state index contributed by atoms with van der Waals surface area (Å²) in [5, 5.41) is 3.42. The van der Waals surface area contributed by atoms with Crippen LogP contribution < -0.4 is 13.7 Å².